The first-order chi connectivity index (χ1) is 10.6. The molecule has 116 valence electrons. The number of piperazine rings is 1. The number of halogens is 2. The van der Waals surface area contributed by atoms with Crippen LogP contribution in [0.2, 0.25) is 10.0 Å². The summed E-state index contributed by atoms with van der Waals surface area (Å²) in [5.74, 6) is 0. The number of aromatic nitrogens is 1. The minimum Gasteiger partial charge on any atom is -0.366 e. The molecule has 0 unspecified atom stereocenters. The van der Waals surface area contributed by atoms with Gasteiger partial charge in [-0.25, -0.2) is 0 Å². The van der Waals surface area contributed by atoms with E-state index in [4.69, 9.17) is 23.2 Å². The first kappa shape index (κ1) is 15.6. The van der Waals surface area contributed by atoms with Crippen LogP contribution in [0.5, 0.6) is 0 Å². The molecule has 3 rings (SSSR count). The highest BCUT2D eigenvalue weighted by atomic mass is 35.5. The molecule has 1 aliphatic heterocycles. The van der Waals surface area contributed by atoms with Gasteiger partial charge in [-0.15, -0.1) is 0 Å². The first-order valence-electron chi connectivity index (χ1n) is 7.45. The Morgan fingerprint density at radius 2 is 1.73 bits per heavy atom. The fourth-order valence-corrected chi connectivity index (χ4v) is 3.51. The quantitative estimate of drug-likeness (QED) is 0.844. The molecule has 0 bridgehead atoms. The molecule has 22 heavy (non-hydrogen) atoms. The van der Waals surface area contributed by atoms with Crippen molar-refractivity contribution in [2.45, 2.75) is 13.5 Å². The fourth-order valence-electron chi connectivity index (χ4n) is 2.90. The second-order valence-electron chi connectivity index (χ2n) is 5.70. The van der Waals surface area contributed by atoms with Crippen LogP contribution in [-0.2, 0) is 6.54 Å². The lowest BCUT2D eigenvalue weighted by Crippen LogP contribution is -2.46. The Balaban J connectivity index is 1.63. The molecule has 3 nitrogen and oxygen atoms in total. The van der Waals surface area contributed by atoms with Crippen LogP contribution in [0, 0.1) is 6.92 Å². The maximum atomic E-state index is 6.24. The summed E-state index contributed by atoms with van der Waals surface area (Å²) in [5.41, 5.74) is 3.59. The summed E-state index contributed by atoms with van der Waals surface area (Å²) in [5, 5.41) is 1.25. The number of anilines is 1. The summed E-state index contributed by atoms with van der Waals surface area (Å²) in [6, 6.07) is 8.70. The molecule has 1 aromatic heterocycles. The molecule has 1 fully saturated rings. The minimum absolute atomic E-state index is 0.625. The second-order valence-corrected chi connectivity index (χ2v) is 6.52. The second kappa shape index (κ2) is 6.86. The summed E-state index contributed by atoms with van der Waals surface area (Å²) in [6.45, 7) is 6.98. The third-order valence-corrected chi connectivity index (χ3v) is 4.56. The summed E-state index contributed by atoms with van der Waals surface area (Å²) in [6.07, 6.45) is 3.31. The van der Waals surface area contributed by atoms with Crippen LogP contribution >= 0.6 is 23.2 Å². The van der Waals surface area contributed by atoms with E-state index in [-0.39, 0.29) is 0 Å². The Kier molecular flexibility index (Phi) is 4.87. The topological polar surface area (TPSA) is 19.4 Å². The van der Waals surface area contributed by atoms with E-state index < -0.39 is 0 Å². The number of nitrogens with zero attached hydrogens (tertiary/aromatic N) is 3. The summed E-state index contributed by atoms with van der Waals surface area (Å²) >= 11 is 12.5. The van der Waals surface area contributed by atoms with E-state index in [2.05, 4.69) is 46.0 Å². The van der Waals surface area contributed by atoms with Crippen molar-refractivity contribution in [3.05, 3.63) is 57.8 Å². The molecule has 1 aromatic carbocycles. The van der Waals surface area contributed by atoms with Crippen LogP contribution in [0.1, 0.15) is 11.1 Å². The zero-order valence-corrected chi connectivity index (χ0v) is 14.1. The van der Waals surface area contributed by atoms with Crippen molar-refractivity contribution in [1.29, 1.82) is 0 Å². The molecule has 0 saturated carbocycles. The third kappa shape index (κ3) is 3.54. The molecule has 2 heterocycles. The number of pyridine rings is 1. The van der Waals surface area contributed by atoms with E-state index in [1.165, 1.54) is 11.1 Å². The molecule has 0 amide bonds. The van der Waals surface area contributed by atoms with Gasteiger partial charge in [0.25, 0.3) is 0 Å². The zero-order valence-electron chi connectivity index (χ0n) is 12.6. The Labute approximate surface area is 141 Å². The average molecular weight is 336 g/mol. The van der Waals surface area contributed by atoms with Crippen molar-refractivity contribution < 1.29 is 0 Å². The van der Waals surface area contributed by atoms with Gasteiger partial charge in [-0.3, -0.25) is 9.88 Å². The van der Waals surface area contributed by atoms with E-state index in [0.717, 1.165) is 38.4 Å². The van der Waals surface area contributed by atoms with Crippen LogP contribution in [-0.4, -0.2) is 36.1 Å². The van der Waals surface area contributed by atoms with Crippen molar-refractivity contribution in [1.82, 2.24) is 9.88 Å². The van der Waals surface area contributed by atoms with Gasteiger partial charge in [0.1, 0.15) is 0 Å². The van der Waals surface area contributed by atoms with Gasteiger partial charge >= 0.3 is 0 Å². The maximum Gasteiger partial charge on any atom is 0.0838 e. The van der Waals surface area contributed by atoms with Crippen LogP contribution in [0.4, 0.5) is 5.69 Å². The fraction of sp³-hybridized carbons (Fsp3) is 0.353. The molecule has 5 heteroatoms. The number of benzene rings is 1. The van der Waals surface area contributed by atoms with Gasteiger partial charge in [0.2, 0.25) is 0 Å². The van der Waals surface area contributed by atoms with Gasteiger partial charge in [0.05, 0.1) is 15.7 Å². The van der Waals surface area contributed by atoms with Crippen molar-refractivity contribution >= 4 is 28.9 Å². The van der Waals surface area contributed by atoms with Gasteiger partial charge in [-0.05, 0) is 12.5 Å². The van der Waals surface area contributed by atoms with Crippen LogP contribution in [0.15, 0.2) is 36.7 Å². The Morgan fingerprint density at radius 1 is 1.05 bits per heavy atom. The Morgan fingerprint density at radius 3 is 2.36 bits per heavy atom. The number of hydrogen-bond acceptors (Lipinski definition) is 3. The molecule has 2 aromatic rings. The Hall–Kier alpha value is -1.29. The van der Waals surface area contributed by atoms with Gasteiger partial charge in [0, 0.05) is 45.1 Å². The largest absolute Gasteiger partial charge is 0.366 e. The van der Waals surface area contributed by atoms with Gasteiger partial charge in [-0.2, -0.15) is 0 Å². The predicted molar refractivity (Wildman–Crippen MR) is 92.9 cm³/mol. The van der Waals surface area contributed by atoms with Gasteiger partial charge in [0.15, 0.2) is 0 Å². The molecular formula is C17H19Cl2N3. The molecule has 0 radical (unpaired) electrons. The van der Waals surface area contributed by atoms with Crippen molar-refractivity contribution in [3.8, 4) is 0 Å². The summed E-state index contributed by atoms with van der Waals surface area (Å²) in [7, 11) is 0. The lowest BCUT2D eigenvalue weighted by molar-refractivity contribution is 0.250. The number of hydrogen-bond donors (Lipinski definition) is 0. The van der Waals surface area contributed by atoms with Crippen LogP contribution in [0.25, 0.3) is 0 Å². The molecule has 0 N–H and O–H groups in total. The van der Waals surface area contributed by atoms with E-state index in [1.807, 2.05) is 0 Å². The predicted octanol–water partition coefficient (Wildman–Crippen LogP) is 4.02. The van der Waals surface area contributed by atoms with Crippen LogP contribution in [0.3, 0.4) is 0 Å². The molecule has 1 aliphatic rings. The average Bonchev–Trinajstić information content (AvgIpc) is 2.49. The van der Waals surface area contributed by atoms with Crippen LogP contribution < -0.4 is 4.90 Å². The normalized spacial score (nSPS) is 16.0. The molecule has 0 atom stereocenters. The van der Waals surface area contributed by atoms with Crippen molar-refractivity contribution in [2.75, 3.05) is 31.1 Å². The Bertz CT molecular complexity index is 632. The smallest absolute Gasteiger partial charge is 0.0838 e. The highest BCUT2D eigenvalue weighted by molar-refractivity contribution is 6.38. The summed E-state index contributed by atoms with van der Waals surface area (Å²) in [4.78, 5) is 8.73. The van der Waals surface area contributed by atoms with Gasteiger partial charge in [-0.1, -0.05) is 53.0 Å². The van der Waals surface area contributed by atoms with Gasteiger partial charge < -0.3 is 4.90 Å². The number of aryl methyl sites for hydroxylation is 1. The number of rotatable bonds is 3. The third-order valence-electron chi connectivity index (χ3n) is 4.01. The standard InChI is InChI=1S/C17H19Cl2N3/c1-13-3-2-4-14(9-13)12-21-5-7-22(8-6-21)17-15(18)10-20-11-16(17)19/h2-4,9-11H,5-8,12H2,1H3. The van der Waals surface area contributed by atoms with Crippen molar-refractivity contribution in [2.24, 2.45) is 0 Å². The molecule has 0 aliphatic carbocycles. The lowest BCUT2D eigenvalue weighted by Gasteiger charge is -2.36. The van der Waals surface area contributed by atoms with E-state index >= 15 is 0 Å². The van der Waals surface area contributed by atoms with E-state index in [1.54, 1.807) is 12.4 Å². The zero-order chi connectivity index (χ0) is 15.5. The monoisotopic (exact) mass is 335 g/mol. The van der Waals surface area contributed by atoms with Crippen molar-refractivity contribution in [3.63, 3.8) is 0 Å². The van der Waals surface area contributed by atoms with E-state index in [0.29, 0.717) is 10.0 Å². The highest BCUT2D eigenvalue weighted by Crippen LogP contribution is 2.33. The molecular weight excluding hydrogens is 317 g/mol. The highest BCUT2D eigenvalue weighted by Gasteiger charge is 2.21. The SMILES string of the molecule is Cc1cccc(CN2CCN(c3c(Cl)cncc3Cl)CC2)c1. The lowest BCUT2D eigenvalue weighted by atomic mass is 10.1. The minimum atomic E-state index is 0.625. The molecule has 0 spiro atoms. The summed E-state index contributed by atoms with van der Waals surface area (Å²) < 4.78 is 0. The first-order valence-corrected chi connectivity index (χ1v) is 8.21. The molecule has 1 saturated heterocycles. The maximum absolute atomic E-state index is 6.24. The van der Waals surface area contributed by atoms with E-state index in [9.17, 15) is 0 Å².